The van der Waals surface area contributed by atoms with E-state index in [2.05, 4.69) is 9.71 Å². The summed E-state index contributed by atoms with van der Waals surface area (Å²) in [5.74, 6) is 0.317. The number of nitrogens with zero attached hydrogens (tertiary/aromatic N) is 1. The number of hydrogen-bond acceptors (Lipinski definition) is 4. The van der Waals surface area contributed by atoms with Crippen LogP contribution < -0.4 is 10.5 Å². The molecule has 0 atom stereocenters. The number of hydrogen-bond donors (Lipinski definition) is 2. The van der Waals surface area contributed by atoms with Crippen molar-refractivity contribution in [2.45, 2.75) is 49.5 Å². The predicted molar refractivity (Wildman–Crippen MR) is 70.5 cm³/mol. The number of nitrogen functional groups attached to an aromatic ring is 1. The summed E-state index contributed by atoms with van der Waals surface area (Å²) in [6, 6.07) is 2.98. The van der Waals surface area contributed by atoms with E-state index in [1.54, 1.807) is 0 Å². The average molecular weight is 269 g/mol. The van der Waals surface area contributed by atoms with E-state index in [-0.39, 0.29) is 10.4 Å². The summed E-state index contributed by atoms with van der Waals surface area (Å²) in [7, 11) is -3.50. The Kier molecular flexibility index (Phi) is 3.59. The molecule has 2 rings (SSSR count). The SMILES string of the molecule is CC1(NS(=O)(=O)c2ccc(N)nc2)CCCCC1. The molecule has 0 aromatic carbocycles. The Morgan fingerprint density at radius 2 is 1.94 bits per heavy atom. The second kappa shape index (κ2) is 4.85. The largest absolute Gasteiger partial charge is 0.384 e. The van der Waals surface area contributed by atoms with Crippen LogP contribution in [0.3, 0.4) is 0 Å². The summed E-state index contributed by atoms with van der Waals surface area (Å²) in [5.41, 5.74) is 5.12. The zero-order valence-electron chi connectivity index (χ0n) is 10.5. The molecule has 100 valence electrons. The van der Waals surface area contributed by atoms with Crippen molar-refractivity contribution in [3.63, 3.8) is 0 Å². The first kappa shape index (κ1) is 13.3. The molecular weight excluding hydrogens is 250 g/mol. The van der Waals surface area contributed by atoms with Crippen LogP contribution in [-0.2, 0) is 10.0 Å². The Morgan fingerprint density at radius 1 is 1.28 bits per heavy atom. The minimum Gasteiger partial charge on any atom is -0.384 e. The molecule has 1 saturated carbocycles. The van der Waals surface area contributed by atoms with Gasteiger partial charge in [-0.05, 0) is 31.9 Å². The Morgan fingerprint density at radius 3 is 2.50 bits per heavy atom. The molecule has 1 aromatic heterocycles. The van der Waals surface area contributed by atoms with Gasteiger partial charge in [0.15, 0.2) is 0 Å². The van der Waals surface area contributed by atoms with Gasteiger partial charge in [-0.1, -0.05) is 19.3 Å². The van der Waals surface area contributed by atoms with Crippen molar-refractivity contribution >= 4 is 15.8 Å². The van der Waals surface area contributed by atoms with Gasteiger partial charge in [-0.3, -0.25) is 0 Å². The van der Waals surface area contributed by atoms with Crippen LogP contribution in [0, 0.1) is 0 Å². The summed E-state index contributed by atoms with van der Waals surface area (Å²) in [5, 5.41) is 0. The first-order valence-electron chi connectivity index (χ1n) is 6.17. The quantitative estimate of drug-likeness (QED) is 0.874. The molecule has 0 aliphatic heterocycles. The molecule has 0 amide bonds. The van der Waals surface area contributed by atoms with Crippen LogP contribution >= 0.6 is 0 Å². The van der Waals surface area contributed by atoms with Crippen LogP contribution in [0.15, 0.2) is 23.2 Å². The lowest BCUT2D eigenvalue weighted by molar-refractivity contribution is 0.294. The lowest BCUT2D eigenvalue weighted by Crippen LogP contribution is -2.47. The summed E-state index contributed by atoms with van der Waals surface area (Å²) < 4.78 is 27.2. The Labute approximate surface area is 108 Å². The van der Waals surface area contributed by atoms with Gasteiger partial charge in [0.2, 0.25) is 10.0 Å². The highest BCUT2D eigenvalue weighted by Crippen LogP contribution is 2.29. The monoisotopic (exact) mass is 269 g/mol. The fourth-order valence-corrected chi connectivity index (χ4v) is 3.78. The lowest BCUT2D eigenvalue weighted by atomic mass is 9.84. The summed E-state index contributed by atoms with van der Waals surface area (Å²) >= 11 is 0. The molecule has 0 bridgehead atoms. The molecule has 1 fully saturated rings. The van der Waals surface area contributed by atoms with E-state index in [4.69, 9.17) is 5.73 Å². The third-order valence-corrected chi connectivity index (χ3v) is 5.03. The highest BCUT2D eigenvalue weighted by atomic mass is 32.2. The number of anilines is 1. The molecule has 1 heterocycles. The van der Waals surface area contributed by atoms with E-state index >= 15 is 0 Å². The molecule has 3 N–H and O–H groups in total. The van der Waals surface area contributed by atoms with Crippen molar-refractivity contribution in [3.8, 4) is 0 Å². The third kappa shape index (κ3) is 3.00. The van der Waals surface area contributed by atoms with E-state index in [0.29, 0.717) is 5.82 Å². The summed E-state index contributed by atoms with van der Waals surface area (Å²) in [4.78, 5) is 3.99. The third-order valence-electron chi connectivity index (χ3n) is 3.41. The molecule has 18 heavy (non-hydrogen) atoms. The second-order valence-corrected chi connectivity index (χ2v) is 6.83. The predicted octanol–water partition coefficient (Wildman–Crippen LogP) is 1.66. The van der Waals surface area contributed by atoms with Gasteiger partial charge in [0.1, 0.15) is 10.7 Å². The number of sulfonamides is 1. The fraction of sp³-hybridized carbons (Fsp3) is 0.583. The molecule has 0 spiro atoms. The van der Waals surface area contributed by atoms with Crippen molar-refractivity contribution in [3.05, 3.63) is 18.3 Å². The van der Waals surface area contributed by atoms with Crippen LogP contribution in [0.25, 0.3) is 0 Å². The van der Waals surface area contributed by atoms with Gasteiger partial charge in [-0.25, -0.2) is 18.1 Å². The van der Waals surface area contributed by atoms with Crippen molar-refractivity contribution in [1.29, 1.82) is 0 Å². The van der Waals surface area contributed by atoms with Crippen LogP contribution in [0.1, 0.15) is 39.0 Å². The summed E-state index contributed by atoms with van der Waals surface area (Å²) in [6.45, 7) is 1.97. The first-order valence-corrected chi connectivity index (χ1v) is 7.65. The molecule has 1 aromatic rings. The van der Waals surface area contributed by atoms with Crippen molar-refractivity contribution in [2.75, 3.05) is 5.73 Å². The van der Waals surface area contributed by atoms with Crippen LogP contribution in [0.4, 0.5) is 5.82 Å². The van der Waals surface area contributed by atoms with Crippen molar-refractivity contribution in [1.82, 2.24) is 9.71 Å². The number of nitrogens with two attached hydrogens (primary N) is 1. The highest BCUT2D eigenvalue weighted by molar-refractivity contribution is 7.89. The van der Waals surface area contributed by atoms with Gasteiger partial charge in [0.25, 0.3) is 0 Å². The van der Waals surface area contributed by atoms with E-state index in [1.807, 2.05) is 6.92 Å². The van der Waals surface area contributed by atoms with Crippen LogP contribution in [0.2, 0.25) is 0 Å². The number of rotatable bonds is 3. The van der Waals surface area contributed by atoms with Gasteiger partial charge < -0.3 is 5.73 Å². The van der Waals surface area contributed by atoms with E-state index in [1.165, 1.54) is 24.8 Å². The van der Waals surface area contributed by atoms with Gasteiger partial charge in [0, 0.05) is 11.7 Å². The fourth-order valence-electron chi connectivity index (χ4n) is 2.37. The minimum atomic E-state index is -3.50. The van der Waals surface area contributed by atoms with E-state index in [9.17, 15) is 8.42 Å². The van der Waals surface area contributed by atoms with E-state index in [0.717, 1.165) is 25.7 Å². The average Bonchev–Trinajstić information content (AvgIpc) is 2.29. The lowest BCUT2D eigenvalue weighted by Gasteiger charge is -2.34. The van der Waals surface area contributed by atoms with E-state index < -0.39 is 10.0 Å². The Hall–Kier alpha value is -1.14. The highest BCUT2D eigenvalue weighted by Gasteiger charge is 2.32. The standard InChI is InChI=1S/C12H19N3O2S/c1-12(7-3-2-4-8-12)15-18(16,17)10-5-6-11(13)14-9-10/h5-6,9,15H,2-4,7-8H2,1H3,(H2,13,14). The molecule has 1 aliphatic rings. The molecule has 0 radical (unpaired) electrons. The van der Waals surface area contributed by atoms with Gasteiger partial charge in [-0.2, -0.15) is 0 Å². The maximum Gasteiger partial charge on any atom is 0.242 e. The molecule has 1 aliphatic carbocycles. The zero-order valence-corrected chi connectivity index (χ0v) is 11.3. The molecular formula is C12H19N3O2S. The van der Waals surface area contributed by atoms with Crippen molar-refractivity contribution in [2.24, 2.45) is 0 Å². The maximum absolute atomic E-state index is 12.2. The van der Waals surface area contributed by atoms with Crippen LogP contribution in [-0.4, -0.2) is 18.9 Å². The zero-order chi connectivity index (χ0) is 13.2. The first-order chi connectivity index (χ1) is 8.41. The summed E-state index contributed by atoms with van der Waals surface area (Å²) in [6.07, 6.45) is 6.38. The van der Waals surface area contributed by atoms with Gasteiger partial charge >= 0.3 is 0 Å². The number of nitrogens with one attached hydrogen (secondary N) is 1. The molecule has 0 saturated heterocycles. The minimum absolute atomic E-state index is 0.170. The normalized spacial score (nSPS) is 19.6. The molecule has 0 unspecified atom stereocenters. The Bertz CT molecular complexity index is 505. The van der Waals surface area contributed by atoms with Crippen LogP contribution in [0.5, 0.6) is 0 Å². The number of pyridine rings is 1. The smallest absolute Gasteiger partial charge is 0.242 e. The topological polar surface area (TPSA) is 85.1 Å². The maximum atomic E-state index is 12.2. The molecule has 6 heteroatoms. The molecule has 5 nitrogen and oxygen atoms in total. The van der Waals surface area contributed by atoms with Gasteiger partial charge in [0.05, 0.1) is 0 Å². The number of aromatic nitrogens is 1. The van der Waals surface area contributed by atoms with Crippen molar-refractivity contribution < 1.29 is 8.42 Å². The Balaban J connectivity index is 2.18. The second-order valence-electron chi connectivity index (χ2n) is 5.15. The van der Waals surface area contributed by atoms with Gasteiger partial charge in [-0.15, -0.1) is 0 Å².